The van der Waals surface area contributed by atoms with E-state index in [-0.39, 0.29) is 0 Å². The van der Waals surface area contributed by atoms with Crippen LogP contribution in [-0.4, -0.2) is 22.9 Å². The van der Waals surface area contributed by atoms with Crippen molar-refractivity contribution in [3.8, 4) is 11.4 Å². The molecule has 0 fully saturated rings. The lowest BCUT2D eigenvalue weighted by atomic mass is 10.2. The van der Waals surface area contributed by atoms with Gasteiger partial charge in [0.2, 0.25) is 5.82 Å². The zero-order valence-corrected chi connectivity index (χ0v) is 10.8. The molecule has 0 amide bonds. The summed E-state index contributed by atoms with van der Waals surface area (Å²) in [6, 6.07) is 8.58. The summed E-state index contributed by atoms with van der Waals surface area (Å²) in [5.41, 5.74) is 0.969. The fourth-order valence-corrected chi connectivity index (χ4v) is 1.79. The average molecular weight is 249 g/mol. The highest BCUT2D eigenvalue weighted by Crippen LogP contribution is 2.21. The Morgan fingerprint density at radius 1 is 1.29 bits per heavy atom. The number of aromatic nitrogens is 2. The van der Waals surface area contributed by atoms with E-state index in [9.17, 15) is 0 Å². The van der Waals surface area contributed by atoms with E-state index >= 15 is 0 Å². The normalized spacial score (nSPS) is 10.5. The van der Waals surface area contributed by atoms with Crippen molar-refractivity contribution >= 4 is 17.8 Å². The highest BCUT2D eigenvalue weighted by atomic mass is 32.2. The minimum absolute atomic E-state index is 0.482. The minimum atomic E-state index is 0.482. The Hall–Kier alpha value is -1.49. The lowest BCUT2D eigenvalue weighted by molar-refractivity contribution is 0.432. The van der Waals surface area contributed by atoms with E-state index in [2.05, 4.69) is 40.8 Å². The van der Waals surface area contributed by atoms with Crippen molar-refractivity contribution < 1.29 is 4.52 Å². The first-order chi connectivity index (χ1) is 8.33. The van der Waals surface area contributed by atoms with Gasteiger partial charge in [-0.25, -0.2) is 0 Å². The lowest BCUT2D eigenvalue weighted by Crippen LogP contribution is -1.99. The van der Waals surface area contributed by atoms with E-state index < -0.39 is 0 Å². The SMILES string of the molecule is CCCNc1nc(-c2ccc(SC)cc2)no1. The molecule has 5 heteroatoms. The van der Waals surface area contributed by atoms with Crippen molar-refractivity contribution in [3.63, 3.8) is 0 Å². The topological polar surface area (TPSA) is 51.0 Å². The number of thioether (sulfide) groups is 1. The molecule has 1 heterocycles. The van der Waals surface area contributed by atoms with Gasteiger partial charge in [-0.2, -0.15) is 4.98 Å². The fourth-order valence-electron chi connectivity index (χ4n) is 1.38. The van der Waals surface area contributed by atoms with Crippen molar-refractivity contribution in [3.05, 3.63) is 24.3 Å². The largest absolute Gasteiger partial charge is 0.338 e. The van der Waals surface area contributed by atoms with E-state index in [1.165, 1.54) is 4.90 Å². The quantitative estimate of drug-likeness (QED) is 0.824. The minimum Gasteiger partial charge on any atom is -0.338 e. The molecule has 90 valence electrons. The van der Waals surface area contributed by atoms with Crippen LogP contribution in [0.15, 0.2) is 33.7 Å². The summed E-state index contributed by atoms with van der Waals surface area (Å²) in [5.74, 6) is 0.622. The van der Waals surface area contributed by atoms with E-state index in [4.69, 9.17) is 4.52 Å². The maximum Gasteiger partial charge on any atom is 0.321 e. The molecule has 4 nitrogen and oxygen atoms in total. The van der Waals surface area contributed by atoms with Crippen molar-refractivity contribution in [1.82, 2.24) is 10.1 Å². The number of anilines is 1. The van der Waals surface area contributed by atoms with Gasteiger partial charge in [0.15, 0.2) is 0 Å². The smallest absolute Gasteiger partial charge is 0.321 e. The zero-order valence-electron chi connectivity index (χ0n) is 9.93. The molecule has 1 aromatic carbocycles. The standard InChI is InChI=1S/C12H15N3OS/c1-3-8-13-12-14-11(15-16-12)9-4-6-10(17-2)7-5-9/h4-7H,3,8H2,1-2H3,(H,13,14,15). The third-order valence-corrected chi connectivity index (χ3v) is 3.04. The molecule has 2 aromatic rings. The van der Waals surface area contributed by atoms with Gasteiger partial charge in [0.25, 0.3) is 0 Å². The van der Waals surface area contributed by atoms with Gasteiger partial charge >= 0.3 is 6.01 Å². The van der Waals surface area contributed by atoms with Crippen LogP contribution in [0.4, 0.5) is 6.01 Å². The number of hydrogen-bond donors (Lipinski definition) is 1. The summed E-state index contributed by atoms with van der Waals surface area (Å²) in [4.78, 5) is 5.50. The summed E-state index contributed by atoms with van der Waals surface area (Å²) in [5, 5.41) is 7.00. The molecule has 0 atom stereocenters. The molecule has 1 N–H and O–H groups in total. The molecular weight excluding hydrogens is 234 g/mol. The third kappa shape index (κ3) is 3.00. The second kappa shape index (κ2) is 5.72. The number of nitrogens with zero attached hydrogens (tertiary/aromatic N) is 2. The molecular formula is C12H15N3OS. The first-order valence-electron chi connectivity index (χ1n) is 5.55. The van der Waals surface area contributed by atoms with Crippen LogP contribution in [-0.2, 0) is 0 Å². The van der Waals surface area contributed by atoms with Crippen LogP contribution in [0, 0.1) is 0 Å². The second-order valence-electron chi connectivity index (χ2n) is 3.58. The summed E-state index contributed by atoms with van der Waals surface area (Å²) >= 11 is 1.71. The van der Waals surface area contributed by atoms with Crippen molar-refractivity contribution in [2.24, 2.45) is 0 Å². The number of rotatable bonds is 5. The highest BCUT2D eigenvalue weighted by Gasteiger charge is 2.07. The number of benzene rings is 1. The van der Waals surface area contributed by atoms with Gasteiger partial charge < -0.3 is 9.84 Å². The first-order valence-corrected chi connectivity index (χ1v) is 6.78. The van der Waals surface area contributed by atoms with Gasteiger partial charge in [-0.05, 0) is 36.9 Å². The molecule has 0 unspecified atom stereocenters. The van der Waals surface area contributed by atoms with Gasteiger partial charge in [-0.3, -0.25) is 0 Å². The Morgan fingerprint density at radius 3 is 2.71 bits per heavy atom. The number of nitrogens with one attached hydrogen (secondary N) is 1. The molecule has 0 saturated carbocycles. The summed E-state index contributed by atoms with van der Waals surface area (Å²) in [6.45, 7) is 2.93. The predicted molar refractivity (Wildman–Crippen MR) is 70.3 cm³/mol. The Morgan fingerprint density at radius 2 is 2.06 bits per heavy atom. The number of hydrogen-bond acceptors (Lipinski definition) is 5. The van der Waals surface area contributed by atoms with Crippen LogP contribution in [0.2, 0.25) is 0 Å². The Balaban J connectivity index is 2.12. The molecule has 1 aromatic heterocycles. The van der Waals surface area contributed by atoms with E-state index in [1.807, 2.05) is 12.1 Å². The molecule has 2 rings (SSSR count). The monoisotopic (exact) mass is 249 g/mol. The van der Waals surface area contributed by atoms with E-state index in [0.29, 0.717) is 11.8 Å². The molecule has 0 saturated heterocycles. The molecule has 17 heavy (non-hydrogen) atoms. The van der Waals surface area contributed by atoms with Crippen molar-refractivity contribution in [2.75, 3.05) is 18.1 Å². The maximum absolute atomic E-state index is 5.10. The molecule has 0 bridgehead atoms. The van der Waals surface area contributed by atoms with Gasteiger partial charge in [-0.1, -0.05) is 12.1 Å². The Bertz CT molecular complexity index is 467. The molecule has 0 spiro atoms. The summed E-state index contributed by atoms with van der Waals surface area (Å²) < 4.78 is 5.10. The zero-order chi connectivity index (χ0) is 12.1. The first kappa shape index (κ1) is 12.0. The molecule has 0 aliphatic rings. The molecule has 0 radical (unpaired) electrons. The second-order valence-corrected chi connectivity index (χ2v) is 4.46. The van der Waals surface area contributed by atoms with Crippen LogP contribution in [0.5, 0.6) is 0 Å². The van der Waals surface area contributed by atoms with E-state index in [0.717, 1.165) is 18.5 Å². The van der Waals surface area contributed by atoms with Crippen LogP contribution in [0.25, 0.3) is 11.4 Å². The van der Waals surface area contributed by atoms with Gasteiger partial charge in [0, 0.05) is 17.0 Å². The van der Waals surface area contributed by atoms with Crippen LogP contribution in [0.1, 0.15) is 13.3 Å². The summed E-state index contributed by atoms with van der Waals surface area (Å²) in [7, 11) is 0. The predicted octanol–water partition coefficient (Wildman–Crippen LogP) is 3.28. The van der Waals surface area contributed by atoms with Crippen LogP contribution >= 0.6 is 11.8 Å². The van der Waals surface area contributed by atoms with E-state index in [1.54, 1.807) is 11.8 Å². The molecule has 0 aliphatic carbocycles. The van der Waals surface area contributed by atoms with Crippen molar-refractivity contribution in [1.29, 1.82) is 0 Å². The van der Waals surface area contributed by atoms with Gasteiger partial charge in [0.1, 0.15) is 0 Å². The third-order valence-electron chi connectivity index (χ3n) is 2.30. The van der Waals surface area contributed by atoms with Crippen LogP contribution in [0.3, 0.4) is 0 Å². The molecule has 0 aliphatic heterocycles. The fraction of sp³-hybridized carbons (Fsp3) is 0.333. The van der Waals surface area contributed by atoms with Crippen molar-refractivity contribution in [2.45, 2.75) is 18.2 Å². The Labute approximate surface area is 105 Å². The average Bonchev–Trinajstić information content (AvgIpc) is 2.85. The van der Waals surface area contributed by atoms with Gasteiger partial charge in [0.05, 0.1) is 0 Å². The maximum atomic E-state index is 5.10. The Kier molecular flexibility index (Phi) is 4.03. The summed E-state index contributed by atoms with van der Waals surface area (Å²) in [6.07, 6.45) is 3.08. The lowest BCUT2D eigenvalue weighted by Gasteiger charge is -1.97. The highest BCUT2D eigenvalue weighted by molar-refractivity contribution is 7.98. The van der Waals surface area contributed by atoms with Gasteiger partial charge in [-0.15, -0.1) is 11.8 Å². The van der Waals surface area contributed by atoms with Crippen LogP contribution < -0.4 is 5.32 Å².